The molecule has 0 amide bonds. The minimum Gasteiger partial charge on any atom is -0.482 e. The molecule has 0 spiro atoms. The SMILES string of the molecule is CC(N)C(Oc1cc(Br)ccc1Cl)c1ccc(Cl)s1. The van der Waals surface area contributed by atoms with Crippen LogP contribution in [0.5, 0.6) is 5.75 Å². The van der Waals surface area contributed by atoms with Crippen LogP contribution in [0.4, 0.5) is 0 Å². The highest BCUT2D eigenvalue weighted by Crippen LogP contribution is 2.35. The lowest BCUT2D eigenvalue weighted by molar-refractivity contribution is 0.184. The van der Waals surface area contributed by atoms with Crippen molar-refractivity contribution in [3.05, 3.63) is 49.0 Å². The Balaban J connectivity index is 2.29. The fourth-order valence-electron chi connectivity index (χ4n) is 1.61. The first kappa shape index (κ1) is 15.1. The lowest BCUT2D eigenvalue weighted by Gasteiger charge is -2.22. The summed E-state index contributed by atoms with van der Waals surface area (Å²) in [7, 11) is 0. The molecule has 6 heteroatoms. The Morgan fingerprint density at radius 1 is 1.26 bits per heavy atom. The van der Waals surface area contributed by atoms with Crippen LogP contribution < -0.4 is 10.5 Å². The Kier molecular flexibility index (Phi) is 5.15. The van der Waals surface area contributed by atoms with Crippen molar-refractivity contribution in [2.75, 3.05) is 0 Å². The summed E-state index contributed by atoms with van der Waals surface area (Å²) in [5.74, 6) is 0.600. The number of nitrogens with two attached hydrogens (primary N) is 1. The van der Waals surface area contributed by atoms with Crippen molar-refractivity contribution in [3.8, 4) is 5.75 Å². The molecule has 2 nitrogen and oxygen atoms in total. The monoisotopic (exact) mass is 379 g/mol. The molecule has 19 heavy (non-hydrogen) atoms. The zero-order valence-electron chi connectivity index (χ0n) is 10.1. The number of rotatable bonds is 4. The summed E-state index contributed by atoms with van der Waals surface area (Å²) >= 11 is 16.9. The molecule has 2 aromatic rings. The molecule has 0 radical (unpaired) electrons. The Morgan fingerprint density at radius 2 is 2.00 bits per heavy atom. The highest BCUT2D eigenvalue weighted by molar-refractivity contribution is 9.10. The average Bonchev–Trinajstić information content (AvgIpc) is 2.76. The first-order chi connectivity index (χ1) is 8.97. The summed E-state index contributed by atoms with van der Waals surface area (Å²) in [5.41, 5.74) is 6.00. The summed E-state index contributed by atoms with van der Waals surface area (Å²) in [4.78, 5) is 0.982. The summed E-state index contributed by atoms with van der Waals surface area (Å²) < 4.78 is 7.57. The van der Waals surface area contributed by atoms with Crippen LogP contribution in [-0.2, 0) is 0 Å². The largest absolute Gasteiger partial charge is 0.482 e. The van der Waals surface area contributed by atoms with Crippen LogP contribution in [0.15, 0.2) is 34.8 Å². The van der Waals surface area contributed by atoms with Gasteiger partial charge in [-0.15, -0.1) is 11.3 Å². The van der Waals surface area contributed by atoms with Crippen molar-refractivity contribution in [2.24, 2.45) is 5.73 Å². The van der Waals surface area contributed by atoms with Crippen LogP contribution in [0.3, 0.4) is 0 Å². The van der Waals surface area contributed by atoms with Gasteiger partial charge >= 0.3 is 0 Å². The lowest BCUT2D eigenvalue weighted by Crippen LogP contribution is -2.28. The van der Waals surface area contributed by atoms with E-state index in [9.17, 15) is 0 Å². The van der Waals surface area contributed by atoms with Gasteiger partial charge in [-0.3, -0.25) is 0 Å². The fourth-order valence-corrected chi connectivity index (χ4v) is 3.32. The van der Waals surface area contributed by atoms with Crippen molar-refractivity contribution in [2.45, 2.75) is 19.1 Å². The third-order valence-corrected chi connectivity index (χ3v) is 4.60. The molecule has 2 rings (SSSR count). The molecule has 0 aliphatic rings. The van der Waals surface area contributed by atoms with E-state index >= 15 is 0 Å². The molecule has 0 aliphatic heterocycles. The van der Waals surface area contributed by atoms with Crippen molar-refractivity contribution >= 4 is 50.5 Å². The molecule has 1 heterocycles. The van der Waals surface area contributed by atoms with E-state index in [0.29, 0.717) is 15.1 Å². The van der Waals surface area contributed by atoms with Crippen molar-refractivity contribution in [3.63, 3.8) is 0 Å². The van der Waals surface area contributed by atoms with Gasteiger partial charge in [0, 0.05) is 15.4 Å². The molecule has 0 bridgehead atoms. The first-order valence-electron chi connectivity index (χ1n) is 5.60. The molecule has 1 aromatic heterocycles. The minimum atomic E-state index is -0.274. The van der Waals surface area contributed by atoms with E-state index in [1.54, 1.807) is 6.07 Å². The molecule has 0 fully saturated rings. The van der Waals surface area contributed by atoms with Crippen LogP contribution in [-0.4, -0.2) is 6.04 Å². The molecular weight excluding hydrogens is 369 g/mol. The van der Waals surface area contributed by atoms with Crippen LogP contribution in [0.25, 0.3) is 0 Å². The molecule has 102 valence electrons. The van der Waals surface area contributed by atoms with E-state index in [1.807, 2.05) is 31.2 Å². The zero-order valence-corrected chi connectivity index (χ0v) is 14.0. The normalized spacial score (nSPS) is 14.2. The van der Waals surface area contributed by atoms with Crippen molar-refractivity contribution in [1.29, 1.82) is 0 Å². The van der Waals surface area contributed by atoms with Gasteiger partial charge in [-0.1, -0.05) is 39.1 Å². The molecule has 1 aromatic carbocycles. The first-order valence-corrected chi connectivity index (χ1v) is 7.96. The molecule has 0 saturated carbocycles. The second-order valence-electron chi connectivity index (χ2n) is 4.11. The predicted octanol–water partition coefficient (Wildman–Crippen LogP) is 5.28. The van der Waals surface area contributed by atoms with E-state index in [-0.39, 0.29) is 12.1 Å². The number of halogens is 3. The molecule has 0 saturated heterocycles. The summed E-state index contributed by atoms with van der Waals surface area (Å²) in [6.07, 6.45) is -0.274. The van der Waals surface area contributed by atoms with Crippen LogP contribution in [0, 0.1) is 0 Å². The van der Waals surface area contributed by atoms with Gasteiger partial charge in [-0.2, -0.15) is 0 Å². The van der Waals surface area contributed by atoms with Gasteiger partial charge in [-0.25, -0.2) is 0 Å². The Labute approximate surface area is 134 Å². The minimum absolute atomic E-state index is 0.176. The Bertz CT molecular complexity index is 574. The summed E-state index contributed by atoms with van der Waals surface area (Å²) in [6.45, 7) is 1.89. The van der Waals surface area contributed by atoms with Gasteiger partial charge in [-0.05, 0) is 37.3 Å². The maximum absolute atomic E-state index is 6.13. The number of ether oxygens (including phenoxy) is 1. The number of hydrogen-bond acceptors (Lipinski definition) is 3. The maximum atomic E-state index is 6.13. The van der Waals surface area contributed by atoms with Crippen LogP contribution in [0.1, 0.15) is 17.9 Å². The number of thiophene rings is 1. The van der Waals surface area contributed by atoms with Gasteiger partial charge < -0.3 is 10.5 Å². The fraction of sp³-hybridized carbons (Fsp3) is 0.231. The van der Waals surface area contributed by atoms with E-state index in [4.69, 9.17) is 33.7 Å². The zero-order chi connectivity index (χ0) is 14.0. The van der Waals surface area contributed by atoms with E-state index in [1.165, 1.54) is 11.3 Å². The van der Waals surface area contributed by atoms with Gasteiger partial charge in [0.05, 0.1) is 9.36 Å². The van der Waals surface area contributed by atoms with Gasteiger partial charge in [0.15, 0.2) is 0 Å². The quantitative estimate of drug-likeness (QED) is 0.782. The third kappa shape index (κ3) is 3.86. The van der Waals surface area contributed by atoms with Gasteiger partial charge in [0.1, 0.15) is 11.9 Å². The predicted molar refractivity (Wildman–Crippen MR) is 85.5 cm³/mol. The van der Waals surface area contributed by atoms with E-state index in [2.05, 4.69) is 15.9 Å². The average molecular weight is 381 g/mol. The third-order valence-electron chi connectivity index (χ3n) is 2.50. The van der Waals surface area contributed by atoms with E-state index < -0.39 is 0 Å². The molecule has 2 N–H and O–H groups in total. The topological polar surface area (TPSA) is 35.2 Å². The second-order valence-corrected chi connectivity index (χ2v) is 7.18. The number of hydrogen-bond donors (Lipinski definition) is 1. The Morgan fingerprint density at radius 3 is 2.58 bits per heavy atom. The van der Waals surface area contributed by atoms with Crippen molar-refractivity contribution in [1.82, 2.24) is 0 Å². The lowest BCUT2D eigenvalue weighted by atomic mass is 10.1. The van der Waals surface area contributed by atoms with Gasteiger partial charge in [0.2, 0.25) is 0 Å². The van der Waals surface area contributed by atoms with Crippen LogP contribution in [0.2, 0.25) is 9.36 Å². The van der Waals surface area contributed by atoms with E-state index in [0.717, 1.165) is 9.35 Å². The smallest absolute Gasteiger partial charge is 0.148 e. The Hall–Kier alpha value is -0.260. The molecule has 2 atom stereocenters. The highest BCUT2D eigenvalue weighted by atomic mass is 79.9. The summed E-state index contributed by atoms with van der Waals surface area (Å²) in [6, 6.07) is 9.05. The maximum Gasteiger partial charge on any atom is 0.148 e. The van der Waals surface area contributed by atoms with Crippen LogP contribution >= 0.6 is 50.5 Å². The molecule has 2 unspecified atom stereocenters. The van der Waals surface area contributed by atoms with Gasteiger partial charge in [0.25, 0.3) is 0 Å². The number of benzene rings is 1. The molecular formula is C13H12BrCl2NOS. The standard InChI is InChI=1S/C13H12BrCl2NOS/c1-7(17)13(11-4-5-12(16)19-11)18-10-6-8(14)2-3-9(10)15/h2-7,13H,17H2,1H3. The summed E-state index contributed by atoms with van der Waals surface area (Å²) in [5, 5.41) is 0.552. The highest BCUT2D eigenvalue weighted by Gasteiger charge is 2.21. The molecule has 0 aliphatic carbocycles. The second kappa shape index (κ2) is 6.46. The van der Waals surface area contributed by atoms with Crippen molar-refractivity contribution < 1.29 is 4.74 Å².